The molecule has 35 heavy (non-hydrogen) atoms. The van der Waals surface area contributed by atoms with Crippen LogP contribution in [-0.4, -0.2) is 4.98 Å². The molecule has 4 aromatic rings. The highest BCUT2D eigenvalue weighted by Gasteiger charge is 2.32. The first kappa shape index (κ1) is 22.5. The summed E-state index contributed by atoms with van der Waals surface area (Å²) in [5, 5.41) is 2.65. The lowest BCUT2D eigenvalue weighted by Gasteiger charge is -2.19. The second-order valence-corrected chi connectivity index (χ2v) is 12.3. The molecule has 1 saturated carbocycles. The largest absolute Gasteiger partial charge is 0.252 e. The fourth-order valence-corrected chi connectivity index (χ4v) is 6.61. The molecule has 1 fully saturated rings. The van der Waals surface area contributed by atoms with E-state index in [1.54, 1.807) is 0 Å². The van der Waals surface area contributed by atoms with E-state index in [0.717, 1.165) is 12.8 Å². The molecule has 1 heterocycles. The van der Waals surface area contributed by atoms with Gasteiger partial charge in [0.05, 0.1) is 5.69 Å². The van der Waals surface area contributed by atoms with Gasteiger partial charge in [0, 0.05) is 16.6 Å². The van der Waals surface area contributed by atoms with Crippen LogP contribution in [0.4, 0.5) is 0 Å². The molecule has 1 heteroatoms. The maximum atomic E-state index is 5.39. The van der Waals surface area contributed by atoms with Crippen molar-refractivity contribution in [2.45, 2.75) is 72.6 Å². The molecule has 0 bridgehead atoms. The van der Waals surface area contributed by atoms with Crippen molar-refractivity contribution in [1.29, 1.82) is 0 Å². The summed E-state index contributed by atoms with van der Waals surface area (Å²) in [7, 11) is 0. The SMILES string of the molecule is Cc1cc2c(c(-c3nc(CC(C)C)cc4ccc(C5CCC(C)(C)C5)cc34)c1)Cc1ccccc1-2. The molecule has 0 saturated heterocycles. The number of hydrogen-bond acceptors (Lipinski definition) is 1. The number of pyridine rings is 1. The fraction of sp³-hybridized carbons (Fsp3) is 0.382. The van der Waals surface area contributed by atoms with Gasteiger partial charge in [-0.2, -0.15) is 0 Å². The lowest BCUT2D eigenvalue weighted by Crippen LogP contribution is -2.05. The first-order valence-corrected chi connectivity index (χ1v) is 13.4. The van der Waals surface area contributed by atoms with Crippen LogP contribution in [0.15, 0.2) is 60.7 Å². The van der Waals surface area contributed by atoms with Crippen molar-refractivity contribution < 1.29 is 0 Å². The van der Waals surface area contributed by atoms with Gasteiger partial charge in [-0.3, -0.25) is 4.98 Å². The average Bonchev–Trinajstić information content (AvgIpc) is 3.37. The third-order valence-corrected chi connectivity index (χ3v) is 8.29. The van der Waals surface area contributed by atoms with Crippen LogP contribution in [0, 0.1) is 18.3 Å². The number of rotatable bonds is 4. The van der Waals surface area contributed by atoms with E-state index < -0.39 is 0 Å². The summed E-state index contributed by atoms with van der Waals surface area (Å²) in [6.45, 7) is 11.7. The number of hydrogen-bond donors (Lipinski definition) is 0. The highest BCUT2D eigenvalue weighted by Crippen LogP contribution is 2.47. The molecule has 0 N–H and O–H groups in total. The molecular weight excluding hydrogens is 422 g/mol. The topological polar surface area (TPSA) is 12.9 Å². The highest BCUT2D eigenvalue weighted by atomic mass is 14.7. The van der Waals surface area contributed by atoms with Crippen LogP contribution in [0.5, 0.6) is 0 Å². The molecule has 1 atom stereocenters. The molecule has 0 amide bonds. The minimum absolute atomic E-state index is 0.449. The fourth-order valence-electron chi connectivity index (χ4n) is 6.61. The smallest absolute Gasteiger partial charge is 0.0786 e. The van der Waals surface area contributed by atoms with E-state index in [1.807, 2.05) is 0 Å². The van der Waals surface area contributed by atoms with E-state index in [4.69, 9.17) is 4.98 Å². The monoisotopic (exact) mass is 459 g/mol. The number of fused-ring (bicyclic) bond motifs is 4. The standard InChI is InChI=1S/C34H37N/c1-21(2)14-27-17-25-11-10-23(26-12-13-34(4,5)20-26)18-29(25)33(35-27)32-16-22(3)15-30-28-9-7-6-8-24(28)19-31(30)32/h6-11,15-18,21,26H,12-14,19-20H2,1-5H3. The minimum atomic E-state index is 0.449. The number of aromatic nitrogens is 1. The van der Waals surface area contributed by atoms with Crippen LogP contribution in [0.25, 0.3) is 33.2 Å². The van der Waals surface area contributed by atoms with Gasteiger partial charge in [-0.05, 0) is 113 Å². The first-order valence-electron chi connectivity index (χ1n) is 13.4. The molecule has 2 aliphatic rings. The van der Waals surface area contributed by atoms with Gasteiger partial charge in [-0.1, -0.05) is 70.2 Å². The maximum absolute atomic E-state index is 5.39. The van der Waals surface area contributed by atoms with Crippen LogP contribution in [0.2, 0.25) is 0 Å². The normalized spacial score (nSPS) is 18.3. The van der Waals surface area contributed by atoms with Crippen molar-refractivity contribution in [3.05, 3.63) is 88.6 Å². The summed E-state index contributed by atoms with van der Waals surface area (Å²) < 4.78 is 0. The molecule has 2 aliphatic carbocycles. The van der Waals surface area contributed by atoms with Crippen molar-refractivity contribution in [3.63, 3.8) is 0 Å². The Morgan fingerprint density at radius 2 is 1.74 bits per heavy atom. The summed E-state index contributed by atoms with van der Waals surface area (Å²) in [6.07, 6.45) is 5.90. The predicted molar refractivity (Wildman–Crippen MR) is 149 cm³/mol. The molecule has 1 nitrogen and oxygen atoms in total. The molecule has 0 radical (unpaired) electrons. The number of nitrogens with zero attached hydrogens (tertiary/aromatic N) is 1. The Morgan fingerprint density at radius 1 is 0.943 bits per heavy atom. The third kappa shape index (κ3) is 4.10. The zero-order chi connectivity index (χ0) is 24.3. The lowest BCUT2D eigenvalue weighted by molar-refractivity contribution is 0.376. The van der Waals surface area contributed by atoms with Crippen molar-refractivity contribution in [1.82, 2.24) is 4.98 Å². The Bertz CT molecular complexity index is 1440. The van der Waals surface area contributed by atoms with Gasteiger partial charge in [0.25, 0.3) is 0 Å². The van der Waals surface area contributed by atoms with Crippen molar-refractivity contribution in [2.75, 3.05) is 0 Å². The molecule has 6 rings (SSSR count). The van der Waals surface area contributed by atoms with E-state index in [1.165, 1.54) is 80.4 Å². The summed E-state index contributed by atoms with van der Waals surface area (Å²) in [6, 6.07) is 23.3. The average molecular weight is 460 g/mol. The Labute approximate surface area is 210 Å². The molecule has 3 aromatic carbocycles. The van der Waals surface area contributed by atoms with Gasteiger partial charge in [0.1, 0.15) is 0 Å². The molecule has 0 aliphatic heterocycles. The Morgan fingerprint density at radius 3 is 2.51 bits per heavy atom. The zero-order valence-corrected chi connectivity index (χ0v) is 21.9. The molecular formula is C34H37N. The molecule has 178 valence electrons. The highest BCUT2D eigenvalue weighted by molar-refractivity contribution is 5.98. The van der Waals surface area contributed by atoms with Crippen LogP contribution in [0.3, 0.4) is 0 Å². The van der Waals surface area contributed by atoms with Gasteiger partial charge in [-0.15, -0.1) is 0 Å². The molecule has 0 spiro atoms. The Kier molecular flexibility index (Phi) is 5.36. The van der Waals surface area contributed by atoms with Gasteiger partial charge < -0.3 is 0 Å². The van der Waals surface area contributed by atoms with Crippen LogP contribution in [0.1, 0.15) is 80.8 Å². The molecule has 1 unspecified atom stereocenters. The van der Waals surface area contributed by atoms with E-state index in [-0.39, 0.29) is 0 Å². The number of benzene rings is 3. The third-order valence-electron chi connectivity index (χ3n) is 8.29. The minimum Gasteiger partial charge on any atom is -0.252 e. The second-order valence-electron chi connectivity index (χ2n) is 12.3. The van der Waals surface area contributed by atoms with Gasteiger partial charge >= 0.3 is 0 Å². The maximum Gasteiger partial charge on any atom is 0.0786 e. The lowest BCUT2D eigenvalue weighted by atomic mass is 9.87. The van der Waals surface area contributed by atoms with Crippen molar-refractivity contribution >= 4 is 10.8 Å². The second kappa shape index (κ2) is 8.33. The van der Waals surface area contributed by atoms with Crippen molar-refractivity contribution in [3.8, 4) is 22.4 Å². The summed E-state index contributed by atoms with van der Waals surface area (Å²) >= 11 is 0. The quantitative estimate of drug-likeness (QED) is 0.261. The van der Waals surface area contributed by atoms with Crippen molar-refractivity contribution in [2.24, 2.45) is 11.3 Å². The van der Waals surface area contributed by atoms with E-state index >= 15 is 0 Å². The van der Waals surface area contributed by atoms with Gasteiger partial charge in [-0.25, -0.2) is 0 Å². The summed E-state index contributed by atoms with van der Waals surface area (Å²) in [5.41, 5.74) is 12.7. The van der Waals surface area contributed by atoms with Gasteiger partial charge in [0.2, 0.25) is 0 Å². The summed E-state index contributed by atoms with van der Waals surface area (Å²) in [4.78, 5) is 5.39. The Balaban J connectivity index is 1.57. The van der Waals surface area contributed by atoms with Gasteiger partial charge in [0.15, 0.2) is 0 Å². The number of aryl methyl sites for hydroxylation is 1. The van der Waals surface area contributed by atoms with E-state index in [2.05, 4.69) is 95.3 Å². The zero-order valence-electron chi connectivity index (χ0n) is 21.9. The van der Waals surface area contributed by atoms with Crippen LogP contribution < -0.4 is 0 Å². The first-order chi connectivity index (χ1) is 16.8. The molecule has 1 aromatic heterocycles. The summed E-state index contributed by atoms with van der Waals surface area (Å²) in [5.74, 6) is 1.24. The van der Waals surface area contributed by atoms with Crippen LogP contribution >= 0.6 is 0 Å². The van der Waals surface area contributed by atoms with E-state index in [9.17, 15) is 0 Å². The van der Waals surface area contributed by atoms with E-state index in [0.29, 0.717) is 17.3 Å². The predicted octanol–water partition coefficient (Wildman–Crippen LogP) is 9.27. The van der Waals surface area contributed by atoms with Crippen LogP contribution in [-0.2, 0) is 12.8 Å². The Hall–Kier alpha value is -2.93.